The highest BCUT2D eigenvalue weighted by Gasteiger charge is 2.31. The Morgan fingerprint density at radius 2 is 2.32 bits per heavy atom. The van der Waals surface area contributed by atoms with Crippen LogP contribution in [0.3, 0.4) is 0 Å². The summed E-state index contributed by atoms with van der Waals surface area (Å²) < 4.78 is 11.9. The molecule has 5 nitrogen and oxygen atoms in total. The van der Waals surface area contributed by atoms with Gasteiger partial charge in [0.1, 0.15) is 5.69 Å². The lowest BCUT2D eigenvalue weighted by molar-refractivity contribution is 0.0166. The van der Waals surface area contributed by atoms with E-state index in [1.807, 2.05) is 0 Å². The molecule has 1 aliphatic heterocycles. The van der Waals surface area contributed by atoms with Gasteiger partial charge < -0.3 is 14.8 Å². The predicted octanol–water partition coefficient (Wildman–Crippen LogP) is 3.10. The number of nitrogens with one attached hydrogen (secondary N) is 1. The number of halogens is 1. The summed E-state index contributed by atoms with van der Waals surface area (Å²) in [6, 6.07) is 0. The van der Waals surface area contributed by atoms with Crippen LogP contribution in [0.4, 0.5) is 0 Å². The van der Waals surface area contributed by atoms with E-state index in [2.05, 4.69) is 26.2 Å². The Kier molecular flexibility index (Phi) is 5.84. The molecule has 1 N–H and O–H groups in total. The quantitative estimate of drug-likeness (QED) is 0.695. The summed E-state index contributed by atoms with van der Waals surface area (Å²) in [6.45, 7) is 2.79. The minimum Gasteiger partial charge on any atom is -0.379 e. The third kappa shape index (κ3) is 4.50. The standard InChI is InChI=1S/C15H21BrN2O3S/c16-15-18-12(13(22-15)10-4-5-10)14(19)17-6-2-7-20-9-11-3-1-8-21-11/h10-11H,1-9H2,(H,17,19)/t11-/m0/s1. The summed E-state index contributed by atoms with van der Waals surface area (Å²) in [5.74, 6) is 0.474. The van der Waals surface area contributed by atoms with Crippen molar-refractivity contribution < 1.29 is 14.3 Å². The van der Waals surface area contributed by atoms with Gasteiger partial charge in [0.15, 0.2) is 3.92 Å². The van der Waals surface area contributed by atoms with Crippen LogP contribution in [-0.2, 0) is 9.47 Å². The first-order chi connectivity index (χ1) is 10.7. The zero-order chi connectivity index (χ0) is 15.4. The van der Waals surface area contributed by atoms with Crippen LogP contribution >= 0.6 is 27.3 Å². The Labute approximate surface area is 142 Å². The Bertz CT molecular complexity index is 513. The SMILES string of the molecule is O=C(NCCCOC[C@@H]1CCCO1)c1nc(Br)sc1C1CC1. The number of hydrogen-bond donors (Lipinski definition) is 1. The van der Waals surface area contributed by atoms with Crippen molar-refractivity contribution in [2.75, 3.05) is 26.4 Å². The third-order valence-electron chi connectivity index (χ3n) is 3.87. The van der Waals surface area contributed by atoms with Crippen LogP contribution in [0.5, 0.6) is 0 Å². The van der Waals surface area contributed by atoms with Gasteiger partial charge in [0.25, 0.3) is 5.91 Å². The number of carbonyl (C=O) groups is 1. The molecular formula is C15H21BrN2O3S. The van der Waals surface area contributed by atoms with Crippen molar-refractivity contribution in [3.63, 3.8) is 0 Å². The van der Waals surface area contributed by atoms with Gasteiger partial charge in [0, 0.05) is 24.6 Å². The molecule has 7 heteroatoms. The van der Waals surface area contributed by atoms with E-state index in [4.69, 9.17) is 9.47 Å². The number of aromatic nitrogens is 1. The number of hydrogen-bond acceptors (Lipinski definition) is 5. The first kappa shape index (κ1) is 16.4. The highest BCUT2D eigenvalue weighted by Crippen LogP contribution is 2.45. The predicted molar refractivity (Wildman–Crippen MR) is 88.5 cm³/mol. The van der Waals surface area contributed by atoms with Gasteiger partial charge in [-0.3, -0.25) is 4.79 Å². The molecule has 0 bridgehead atoms. The molecule has 1 aromatic rings. The van der Waals surface area contributed by atoms with Crippen molar-refractivity contribution in [2.45, 2.75) is 44.1 Å². The number of carbonyl (C=O) groups excluding carboxylic acids is 1. The topological polar surface area (TPSA) is 60.5 Å². The molecule has 1 aromatic heterocycles. The van der Waals surface area contributed by atoms with Crippen LogP contribution in [0, 0.1) is 0 Å². The van der Waals surface area contributed by atoms with Crippen LogP contribution in [0.2, 0.25) is 0 Å². The number of rotatable bonds is 8. The van der Waals surface area contributed by atoms with E-state index in [1.165, 1.54) is 12.8 Å². The van der Waals surface area contributed by atoms with Gasteiger partial charge in [0.2, 0.25) is 0 Å². The zero-order valence-corrected chi connectivity index (χ0v) is 14.9. The first-order valence-electron chi connectivity index (χ1n) is 7.88. The van der Waals surface area contributed by atoms with Crippen LogP contribution in [0.1, 0.15) is 53.4 Å². The van der Waals surface area contributed by atoms with E-state index in [9.17, 15) is 4.79 Å². The monoisotopic (exact) mass is 388 g/mol. The van der Waals surface area contributed by atoms with Crippen LogP contribution < -0.4 is 5.32 Å². The molecule has 22 heavy (non-hydrogen) atoms. The highest BCUT2D eigenvalue weighted by atomic mass is 79.9. The number of nitrogens with zero attached hydrogens (tertiary/aromatic N) is 1. The summed E-state index contributed by atoms with van der Waals surface area (Å²) in [5.41, 5.74) is 0.597. The lowest BCUT2D eigenvalue weighted by atomic mass is 10.2. The first-order valence-corrected chi connectivity index (χ1v) is 9.49. The Balaban J connectivity index is 1.34. The summed E-state index contributed by atoms with van der Waals surface area (Å²) in [6.07, 6.45) is 5.65. The summed E-state index contributed by atoms with van der Waals surface area (Å²) in [7, 11) is 0. The van der Waals surface area contributed by atoms with E-state index < -0.39 is 0 Å². The van der Waals surface area contributed by atoms with Crippen molar-refractivity contribution >= 4 is 33.2 Å². The molecular weight excluding hydrogens is 368 g/mol. The smallest absolute Gasteiger partial charge is 0.271 e. The van der Waals surface area contributed by atoms with E-state index >= 15 is 0 Å². The molecule has 1 atom stereocenters. The number of amides is 1. The van der Waals surface area contributed by atoms with Gasteiger partial charge in [-0.25, -0.2) is 4.98 Å². The van der Waals surface area contributed by atoms with Gasteiger partial charge in [-0.15, -0.1) is 11.3 Å². The van der Waals surface area contributed by atoms with E-state index in [0.29, 0.717) is 31.4 Å². The Hall–Kier alpha value is -0.500. The molecule has 2 aliphatic rings. The minimum atomic E-state index is -0.0667. The van der Waals surface area contributed by atoms with E-state index in [1.54, 1.807) is 11.3 Å². The fourth-order valence-electron chi connectivity index (χ4n) is 2.54. The summed E-state index contributed by atoms with van der Waals surface area (Å²) >= 11 is 4.96. The maximum atomic E-state index is 12.2. The molecule has 0 radical (unpaired) electrons. The van der Waals surface area contributed by atoms with Crippen molar-refractivity contribution in [3.8, 4) is 0 Å². The average molecular weight is 389 g/mol. The van der Waals surface area contributed by atoms with E-state index in [-0.39, 0.29) is 12.0 Å². The van der Waals surface area contributed by atoms with Crippen LogP contribution in [-0.4, -0.2) is 43.4 Å². The zero-order valence-electron chi connectivity index (χ0n) is 12.5. The maximum Gasteiger partial charge on any atom is 0.271 e. The molecule has 122 valence electrons. The Morgan fingerprint density at radius 3 is 3.05 bits per heavy atom. The normalized spacial score (nSPS) is 21.2. The molecule has 3 rings (SSSR count). The lowest BCUT2D eigenvalue weighted by Crippen LogP contribution is -2.26. The number of thiazole rings is 1. The number of ether oxygens (including phenoxy) is 2. The molecule has 1 aliphatic carbocycles. The molecule has 1 amide bonds. The molecule has 0 aromatic carbocycles. The second kappa shape index (κ2) is 7.86. The average Bonchev–Trinajstić information content (AvgIpc) is 3.07. The molecule has 2 heterocycles. The van der Waals surface area contributed by atoms with Crippen LogP contribution in [0.15, 0.2) is 3.92 Å². The van der Waals surface area contributed by atoms with Gasteiger partial charge in [-0.1, -0.05) is 0 Å². The maximum absolute atomic E-state index is 12.2. The van der Waals surface area contributed by atoms with Crippen molar-refractivity contribution in [1.29, 1.82) is 0 Å². The Morgan fingerprint density at radius 1 is 1.45 bits per heavy atom. The summed E-state index contributed by atoms with van der Waals surface area (Å²) in [5, 5.41) is 2.94. The molecule has 0 unspecified atom stereocenters. The third-order valence-corrected chi connectivity index (χ3v) is 5.54. The largest absolute Gasteiger partial charge is 0.379 e. The fourth-order valence-corrected chi connectivity index (χ4v) is 4.20. The van der Waals surface area contributed by atoms with E-state index in [0.717, 1.165) is 34.7 Å². The van der Waals surface area contributed by atoms with Gasteiger partial charge >= 0.3 is 0 Å². The van der Waals surface area contributed by atoms with Crippen molar-refractivity contribution in [2.24, 2.45) is 0 Å². The highest BCUT2D eigenvalue weighted by molar-refractivity contribution is 9.11. The second-order valence-corrected chi connectivity index (χ2v) is 8.08. The van der Waals surface area contributed by atoms with Crippen LogP contribution in [0.25, 0.3) is 0 Å². The summed E-state index contributed by atoms with van der Waals surface area (Å²) in [4.78, 5) is 17.6. The lowest BCUT2D eigenvalue weighted by Gasteiger charge is -2.10. The van der Waals surface area contributed by atoms with Gasteiger partial charge in [-0.05, 0) is 54.0 Å². The van der Waals surface area contributed by atoms with Crippen molar-refractivity contribution in [3.05, 3.63) is 14.5 Å². The second-order valence-electron chi connectivity index (χ2n) is 5.77. The van der Waals surface area contributed by atoms with Gasteiger partial charge in [-0.2, -0.15) is 0 Å². The van der Waals surface area contributed by atoms with Crippen molar-refractivity contribution in [1.82, 2.24) is 10.3 Å². The molecule has 0 spiro atoms. The van der Waals surface area contributed by atoms with Gasteiger partial charge in [0.05, 0.1) is 12.7 Å². The molecule has 1 saturated carbocycles. The molecule has 1 saturated heterocycles. The minimum absolute atomic E-state index is 0.0667. The fraction of sp³-hybridized carbons (Fsp3) is 0.733. The molecule has 2 fully saturated rings.